The summed E-state index contributed by atoms with van der Waals surface area (Å²) in [7, 11) is 0. The fraction of sp³-hybridized carbons (Fsp3) is 0.385. The topological polar surface area (TPSA) is 15.8 Å². The van der Waals surface area contributed by atoms with Gasteiger partial charge in [0.05, 0.1) is 5.92 Å². The van der Waals surface area contributed by atoms with E-state index in [9.17, 15) is 13.2 Å². The van der Waals surface area contributed by atoms with Gasteiger partial charge < -0.3 is 4.98 Å². The lowest BCUT2D eigenvalue weighted by molar-refractivity contribution is -0.150. The molecule has 0 spiro atoms. The first kappa shape index (κ1) is 12.0. The molecule has 0 saturated heterocycles. The second kappa shape index (κ2) is 4.09. The minimum Gasteiger partial charge on any atom is -0.358 e. The third kappa shape index (κ3) is 2.04. The summed E-state index contributed by atoms with van der Waals surface area (Å²) >= 11 is 0. The van der Waals surface area contributed by atoms with Gasteiger partial charge in [-0.25, -0.2) is 0 Å². The molecule has 0 aliphatic carbocycles. The third-order valence-electron chi connectivity index (χ3n) is 3.10. The van der Waals surface area contributed by atoms with Crippen LogP contribution in [0, 0.1) is 6.92 Å². The first-order valence-corrected chi connectivity index (χ1v) is 5.59. The Morgan fingerprint density at radius 2 is 1.88 bits per heavy atom. The monoisotopic (exact) mass is 241 g/mol. The quantitative estimate of drug-likeness (QED) is 0.794. The van der Waals surface area contributed by atoms with E-state index in [2.05, 4.69) is 4.98 Å². The average molecular weight is 241 g/mol. The van der Waals surface area contributed by atoms with Crippen LogP contribution >= 0.6 is 0 Å². The van der Waals surface area contributed by atoms with Crippen molar-refractivity contribution in [2.45, 2.75) is 32.4 Å². The predicted molar refractivity (Wildman–Crippen MR) is 62.1 cm³/mol. The van der Waals surface area contributed by atoms with Crippen LogP contribution in [0.4, 0.5) is 13.2 Å². The minimum absolute atomic E-state index is 0.0617. The fourth-order valence-electron chi connectivity index (χ4n) is 2.35. The van der Waals surface area contributed by atoms with Crippen LogP contribution in [-0.2, 0) is 0 Å². The summed E-state index contributed by atoms with van der Waals surface area (Å²) in [4.78, 5) is 3.01. The zero-order valence-corrected chi connectivity index (χ0v) is 9.73. The van der Waals surface area contributed by atoms with Crippen molar-refractivity contribution in [2.24, 2.45) is 0 Å². The maximum Gasteiger partial charge on any atom is 0.395 e. The fourth-order valence-corrected chi connectivity index (χ4v) is 2.35. The lowest BCUT2D eigenvalue weighted by Crippen LogP contribution is -2.20. The first-order chi connectivity index (χ1) is 7.95. The predicted octanol–water partition coefficient (Wildman–Crippen LogP) is 4.53. The maximum atomic E-state index is 13.0. The van der Waals surface area contributed by atoms with Crippen LogP contribution in [0.1, 0.15) is 30.5 Å². The van der Waals surface area contributed by atoms with Gasteiger partial charge in [-0.1, -0.05) is 25.1 Å². The highest BCUT2D eigenvalue weighted by Gasteiger charge is 2.41. The van der Waals surface area contributed by atoms with Crippen molar-refractivity contribution in [3.8, 4) is 0 Å². The van der Waals surface area contributed by atoms with Gasteiger partial charge in [0.25, 0.3) is 0 Å². The molecule has 1 atom stereocenters. The van der Waals surface area contributed by atoms with Crippen molar-refractivity contribution in [3.05, 3.63) is 35.5 Å². The summed E-state index contributed by atoms with van der Waals surface area (Å²) in [6, 6.07) is 7.12. The van der Waals surface area contributed by atoms with E-state index in [1.165, 1.54) is 0 Å². The summed E-state index contributed by atoms with van der Waals surface area (Å²) in [5, 5.41) is 0.675. The van der Waals surface area contributed by atoms with Crippen molar-refractivity contribution in [3.63, 3.8) is 0 Å². The van der Waals surface area contributed by atoms with Gasteiger partial charge in [0, 0.05) is 16.6 Å². The van der Waals surface area contributed by atoms with Crippen LogP contribution in [0.25, 0.3) is 10.9 Å². The molecule has 1 N–H and O–H groups in total. The molecule has 0 bridgehead atoms. The molecule has 2 aromatic rings. The number of aromatic nitrogens is 1. The number of hydrogen-bond donors (Lipinski definition) is 1. The molecule has 0 aliphatic rings. The maximum absolute atomic E-state index is 13.0. The first-order valence-electron chi connectivity index (χ1n) is 5.59. The summed E-state index contributed by atoms with van der Waals surface area (Å²) in [5.41, 5.74) is 1.76. The standard InChI is InChI=1S/C13H14F3N/c1-3-10(13(14,15)16)12-8(2)17-11-7-5-4-6-9(11)12/h4-7,10,17H,3H2,1-2H3. The van der Waals surface area contributed by atoms with E-state index in [1.54, 1.807) is 32.0 Å². The van der Waals surface area contributed by atoms with Crippen molar-refractivity contribution >= 4 is 10.9 Å². The Kier molecular flexibility index (Phi) is 2.89. The molecule has 17 heavy (non-hydrogen) atoms. The number of nitrogens with one attached hydrogen (secondary N) is 1. The van der Waals surface area contributed by atoms with Crippen molar-refractivity contribution in [2.75, 3.05) is 0 Å². The number of halogens is 3. The molecule has 1 aromatic carbocycles. The Labute approximate surface area is 97.6 Å². The Hall–Kier alpha value is -1.45. The SMILES string of the molecule is CCC(c1c(C)[nH]c2ccccc12)C(F)(F)F. The lowest BCUT2D eigenvalue weighted by Gasteiger charge is -2.19. The van der Waals surface area contributed by atoms with Crippen LogP contribution in [0.3, 0.4) is 0 Å². The number of aryl methyl sites for hydroxylation is 1. The molecule has 0 amide bonds. The molecule has 1 unspecified atom stereocenters. The molecular formula is C13H14F3N. The highest BCUT2D eigenvalue weighted by molar-refractivity contribution is 5.85. The molecule has 0 aliphatic heterocycles. The third-order valence-corrected chi connectivity index (χ3v) is 3.10. The number of benzene rings is 1. The van der Waals surface area contributed by atoms with Gasteiger partial charge in [0.1, 0.15) is 0 Å². The second-order valence-corrected chi connectivity index (χ2v) is 4.21. The van der Waals surface area contributed by atoms with E-state index in [0.717, 1.165) is 5.52 Å². The van der Waals surface area contributed by atoms with Crippen LogP contribution in [0.5, 0.6) is 0 Å². The Balaban J connectivity index is 2.65. The van der Waals surface area contributed by atoms with Gasteiger partial charge in [-0.2, -0.15) is 13.2 Å². The number of alkyl halides is 3. The van der Waals surface area contributed by atoms with Crippen LogP contribution in [-0.4, -0.2) is 11.2 Å². The molecule has 0 radical (unpaired) electrons. The van der Waals surface area contributed by atoms with E-state index in [-0.39, 0.29) is 6.42 Å². The van der Waals surface area contributed by atoms with Crippen molar-refractivity contribution in [1.82, 2.24) is 4.98 Å². The summed E-state index contributed by atoms with van der Waals surface area (Å²) in [6.07, 6.45) is -4.13. The normalized spacial score (nSPS) is 14.2. The molecule has 0 saturated carbocycles. The zero-order chi connectivity index (χ0) is 12.6. The molecule has 4 heteroatoms. The number of para-hydroxylation sites is 1. The van der Waals surface area contributed by atoms with Crippen LogP contribution in [0.15, 0.2) is 24.3 Å². The molecular weight excluding hydrogens is 227 g/mol. The van der Waals surface area contributed by atoms with Crippen LogP contribution < -0.4 is 0 Å². The number of aromatic amines is 1. The second-order valence-electron chi connectivity index (χ2n) is 4.21. The Bertz CT molecular complexity index is 525. The Morgan fingerprint density at radius 1 is 1.24 bits per heavy atom. The van der Waals surface area contributed by atoms with E-state index < -0.39 is 12.1 Å². The molecule has 1 aromatic heterocycles. The van der Waals surface area contributed by atoms with Gasteiger partial charge in [-0.15, -0.1) is 0 Å². The number of fused-ring (bicyclic) bond motifs is 1. The Morgan fingerprint density at radius 3 is 2.47 bits per heavy atom. The van der Waals surface area contributed by atoms with Gasteiger partial charge in [0.15, 0.2) is 0 Å². The van der Waals surface area contributed by atoms with Crippen molar-refractivity contribution < 1.29 is 13.2 Å². The lowest BCUT2D eigenvalue weighted by atomic mass is 9.93. The molecule has 1 heterocycles. The van der Waals surface area contributed by atoms with Gasteiger partial charge >= 0.3 is 6.18 Å². The van der Waals surface area contributed by atoms with Crippen LogP contribution in [0.2, 0.25) is 0 Å². The summed E-state index contributed by atoms with van der Waals surface area (Å²) < 4.78 is 38.9. The zero-order valence-electron chi connectivity index (χ0n) is 9.73. The van der Waals surface area contributed by atoms with Crippen molar-refractivity contribution in [1.29, 1.82) is 0 Å². The van der Waals surface area contributed by atoms with Gasteiger partial charge in [0.2, 0.25) is 0 Å². The number of H-pyrrole nitrogens is 1. The largest absolute Gasteiger partial charge is 0.395 e. The molecule has 2 rings (SSSR count). The smallest absolute Gasteiger partial charge is 0.358 e. The number of hydrogen-bond acceptors (Lipinski definition) is 0. The van der Waals surface area contributed by atoms with E-state index in [0.29, 0.717) is 16.6 Å². The summed E-state index contributed by atoms with van der Waals surface area (Å²) in [6.45, 7) is 3.27. The highest BCUT2D eigenvalue weighted by atomic mass is 19.4. The highest BCUT2D eigenvalue weighted by Crippen LogP contribution is 2.41. The average Bonchev–Trinajstić information content (AvgIpc) is 2.55. The molecule has 92 valence electrons. The minimum atomic E-state index is -4.19. The molecule has 0 fully saturated rings. The molecule has 1 nitrogen and oxygen atoms in total. The number of rotatable bonds is 2. The van der Waals surface area contributed by atoms with E-state index in [4.69, 9.17) is 0 Å². The van der Waals surface area contributed by atoms with E-state index >= 15 is 0 Å². The van der Waals surface area contributed by atoms with E-state index in [1.807, 2.05) is 6.07 Å². The summed E-state index contributed by atoms with van der Waals surface area (Å²) in [5.74, 6) is -1.39. The van der Waals surface area contributed by atoms with Gasteiger partial charge in [-0.3, -0.25) is 0 Å². The van der Waals surface area contributed by atoms with Gasteiger partial charge in [-0.05, 0) is 25.0 Å².